The van der Waals surface area contributed by atoms with Gasteiger partial charge in [-0.15, -0.1) is 4.72 Å². The van der Waals surface area contributed by atoms with Gasteiger partial charge in [0.2, 0.25) is 0 Å². The van der Waals surface area contributed by atoms with Gasteiger partial charge in [0, 0.05) is 16.9 Å². The largest absolute Gasteiger partial charge is 0.598 e. The molecule has 0 aliphatic carbocycles. The van der Waals surface area contributed by atoms with Gasteiger partial charge in [-0.2, -0.15) is 5.10 Å². The van der Waals surface area contributed by atoms with E-state index in [4.69, 9.17) is 9.41 Å². The van der Waals surface area contributed by atoms with Gasteiger partial charge in [0.05, 0.1) is 40.8 Å². The van der Waals surface area contributed by atoms with Crippen molar-refractivity contribution in [3.63, 3.8) is 0 Å². The Morgan fingerprint density at radius 1 is 1.00 bits per heavy atom. The Hall–Kier alpha value is -2.80. The Morgan fingerprint density at radius 3 is 2.34 bits per heavy atom. The van der Waals surface area contributed by atoms with E-state index >= 15 is 0 Å². The highest BCUT2D eigenvalue weighted by Gasteiger charge is 2.38. The van der Waals surface area contributed by atoms with E-state index in [0.717, 1.165) is 5.69 Å². The fraction of sp³-hybridized carbons (Fsp3) is 0.433. The van der Waals surface area contributed by atoms with Crippen molar-refractivity contribution in [2.45, 2.75) is 83.7 Å². The SMILES string of the molecule is CC(O)(N[S@+]([O-])C(C)(C)C)c1cccc(-c2cc(O)c3cnn(-c4cccc(CO[Si](C)(C)C(C)(C)C)n4)c3c2)n1. The Morgan fingerprint density at radius 2 is 1.68 bits per heavy atom. The van der Waals surface area contributed by atoms with Gasteiger partial charge in [0.15, 0.2) is 19.9 Å². The Balaban J connectivity index is 1.68. The summed E-state index contributed by atoms with van der Waals surface area (Å²) in [5, 5.41) is 27.2. The van der Waals surface area contributed by atoms with Gasteiger partial charge in [0.25, 0.3) is 0 Å². The molecule has 11 heteroatoms. The summed E-state index contributed by atoms with van der Waals surface area (Å²) < 4.78 is 22.9. The van der Waals surface area contributed by atoms with E-state index in [1.807, 2.05) is 45.0 Å². The summed E-state index contributed by atoms with van der Waals surface area (Å²) in [6.07, 6.45) is 1.61. The Bertz CT molecular complexity index is 1540. The molecule has 4 aromatic rings. The standard InChI is InChI=1S/C30H41N5O4SSi/c1-28(2,3)40(38)34-30(7,37)26-14-11-13-23(33-26)20-16-24-22(25(36)17-20)18-31-35(24)27-15-10-12-21(32-27)19-39-41(8,9)29(4,5)6/h10-18,34,36-37H,19H2,1-9H3/t30?,40-/m1/s1. The Kier molecular flexibility index (Phi) is 8.45. The molecule has 9 nitrogen and oxygen atoms in total. The maximum atomic E-state index is 12.7. The first-order chi connectivity index (χ1) is 18.9. The second-order valence-corrected chi connectivity index (χ2v) is 19.8. The molecule has 2 atom stereocenters. The summed E-state index contributed by atoms with van der Waals surface area (Å²) in [7, 11) is -1.95. The number of aromatic nitrogens is 4. The zero-order valence-electron chi connectivity index (χ0n) is 25.3. The van der Waals surface area contributed by atoms with Gasteiger partial charge in [-0.3, -0.25) is 0 Å². The molecule has 1 unspecified atom stereocenters. The molecule has 0 aliphatic rings. The van der Waals surface area contributed by atoms with Crippen molar-refractivity contribution < 1.29 is 19.2 Å². The number of hydrogen-bond donors (Lipinski definition) is 3. The van der Waals surface area contributed by atoms with Crippen LogP contribution in [0.2, 0.25) is 18.1 Å². The van der Waals surface area contributed by atoms with Gasteiger partial charge in [0.1, 0.15) is 10.5 Å². The number of phenols is 1. The minimum atomic E-state index is -1.95. The number of fused-ring (bicyclic) bond motifs is 1. The molecular formula is C30H41N5O4SSi. The molecule has 3 N–H and O–H groups in total. The molecule has 4 rings (SSSR count). The van der Waals surface area contributed by atoms with Crippen LogP contribution in [0.3, 0.4) is 0 Å². The van der Waals surface area contributed by atoms with Gasteiger partial charge < -0.3 is 19.2 Å². The molecule has 0 fully saturated rings. The normalized spacial score (nSPS) is 15.2. The lowest BCUT2D eigenvalue weighted by molar-refractivity contribution is 0.0401. The molecule has 3 aromatic heterocycles. The van der Waals surface area contributed by atoms with Gasteiger partial charge in [-0.05, 0) is 82.2 Å². The summed E-state index contributed by atoms with van der Waals surface area (Å²) in [5.41, 5.74) is 1.27. The quantitative estimate of drug-likeness (QED) is 0.130. The van der Waals surface area contributed by atoms with Crippen molar-refractivity contribution in [1.29, 1.82) is 0 Å². The first-order valence-corrected chi connectivity index (χ1v) is 17.7. The van der Waals surface area contributed by atoms with Crippen LogP contribution in [-0.4, -0.2) is 47.6 Å². The predicted molar refractivity (Wildman–Crippen MR) is 166 cm³/mol. The number of aliphatic hydroxyl groups is 1. The molecule has 220 valence electrons. The minimum absolute atomic E-state index is 0.0482. The zero-order valence-corrected chi connectivity index (χ0v) is 27.1. The van der Waals surface area contributed by atoms with E-state index in [9.17, 15) is 14.8 Å². The van der Waals surface area contributed by atoms with Gasteiger partial charge >= 0.3 is 0 Å². The molecule has 3 heterocycles. The predicted octanol–water partition coefficient (Wildman–Crippen LogP) is 5.93. The number of nitrogens with one attached hydrogen (secondary N) is 1. The van der Waals surface area contributed by atoms with Crippen LogP contribution < -0.4 is 4.72 Å². The van der Waals surface area contributed by atoms with E-state index in [1.54, 1.807) is 35.1 Å². The smallest absolute Gasteiger partial charge is 0.197 e. The van der Waals surface area contributed by atoms with E-state index in [1.165, 1.54) is 6.92 Å². The number of phenolic OH excluding ortho intramolecular Hbond substituents is 1. The summed E-state index contributed by atoms with van der Waals surface area (Å²) in [4.78, 5) is 9.46. The lowest BCUT2D eigenvalue weighted by atomic mass is 10.1. The van der Waals surface area contributed by atoms with E-state index in [2.05, 4.69) is 48.7 Å². The van der Waals surface area contributed by atoms with Crippen molar-refractivity contribution in [3.05, 3.63) is 66.1 Å². The summed E-state index contributed by atoms with van der Waals surface area (Å²) in [6.45, 7) is 18.4. The molecule has 0 radical (unpaired) electrons. The van der Waals surface area contributed by atoms with E-state index in [0.29, 0.717) is 40.3 Å². The third-order valence-electron chi connectivity index (χ3n) is 7.45. The molecular weight excluding hydrogens is 555 g/mol. The lowest BCUT2D eigenvalue weighted by Crippen LogP contribution is -2.50. The van der Waals surface area contributed by atoms with Crippen LogP contribution in [-0.2, 0) is 28.1 Å². The third kappa shape index (κ3) is 6.82. The van der Waals surface area contributed by atoms with Crippen molar-refractivity contribution in [3.8, 4) is 22.8 Å². The lowest BCUT2D eigenvalue weighted by Gasteiger charge is -2.36. The summed E-state index contributed by atoms with van der Waals surface area (Å²) in [6, 6.07) is 14.4. The second kappa shape index (κ2) is 11.1. The van der Waals surface area contributed by atoms with Crippen molar-refractivity contribution in [2.75, 3.05) is 0 Å². The number of nitrogens with zero attached hydrogens (tertiary/aromatic N) is 4. The van der Waals surface area contributed by atoms with Crippen LogP contribution >= 0.6 is 0 Å². The summed E-state index contributed by atoms with van der Waals surface area (Å²) in [5.74, 6) is 0.651. The average Bonchev–Trinajstić information content (AvgIpc) is 3.31. The highest BCUT2D eigenvalue weighted by Crippen LogP contribution is 2.37. The van der Waals surface area contributed by atoms with Crippen LogP contribution in [0.15, 0.2) is 54.7 Å². The first-order valence-electron chi connectivity index (χ1n) is 13.6. The first kappa shape index (κ1) is 31.1. The fourth-order valence-corrected chi connectivity index (χ4v) is 5.54. The maximum absolute atomic E-state index is 12.7. The fourth-order valence-electron chi connectivity index (χ4n) is 3.83. The van der Waals surface area contributed by atoms with Crippen LogP contribution in [0.5, 0.6) is 5.75 Å². The van der Waals surface area contributed by atoms with Crippen molar-refractivity contribution in [2.24, 2.45) is 0 Å². The van der Waals surface area contributed by atoms with Gasteiger partial charge in [-0.1, -0.05) is 32.9 Å². The van der Waals surface area contributed by atoms with Crippen molar-refractivity contribution in [1.82, 2.24) is 24.5 Å². The Labute approximate surface area is 246 Å². The van der Waals surface area contributed by atoms with Crippen molar-refractivity contribution >= 4 is 30.6 Å². The molecule has 0 aliphatic heterocycles. The molecule has 41 heavy (non-hydrogen) atoms. The van der Waals surface area contributed by atoms with Gasteiger partial charge in [-0.25, -0.2) is 14.6 Å². The third-order valence-corrected chi connectivity index (χ3v) is 13.6. The molecule has 0 saturated carbocycles. The number of aromatic hydroxyl groups is 1. The second-order valence-electron chi connectivity index (χ2n) is 13.0. The monoisotopic (exact) mass is 595 g/mol. The highest BCUT2D eigenvalue weighted by atomic mass is 32.2. The summed E-state index contributed by atoms with van der Waals surface area (Å²) >= 11 is -1.52. The average molecular weight is 596 g/mol. The molecule has 1 aromatic carbocycles. The van der Waals surface area contributed by atoms with Crippen LogP contribution in [0.1, 0.15) is 59.9 Å². The number of hydrogen-bond acceptors (Lipinski definition) is 8. The number of benzene rings is 1. The van der Waals surface area contributed by atoms with Crippen LogP contribution in [0.4, 0.5) is 0 Å². The maximum Gasteiger partial charge on any atom is 0.197 e. The van der Waals surface area contributed by atoms with E-state index < -0.39 is 30.2 Å². The zero-order chi connectivity index (χ0) is 30.4. The van der Waals surface area contributed by atoms with E-state index in [-0.39, 0.29) is 10.8 Å². The number of pyridine rings is 2. The molecule has 0 bridgehead atoms. The number of rotatable bonds is 8. The molecule has 0 saturated heterocycles. The van der Waals surface area contributed by atoms with Crippen LogP contribution in [0, 0.1) is 0 Å². The van der Waals surface area contributed by atoms with Crippen LogP contribution in [0.25, 0.3) is 28.0 Å². The highest BCUT2D eigenvalue weighted by molar-refractivity contribution is 7.90. The molecule has 0 spiro atoms. The minimum Gasteiger partial charge on any atom is -0.598 e. The molecule has 0 amide bonds. The topological polar surface area (TPSA) is 128 Å².